The van der Waals surface area contributed by atoms with Crippen LogP contribution in [-0.2, 0) is 14.4 Å². The lowest BCUT2D eigenvalue weighted by Gasteiger charge is -2.13. The van der Waals surface area contributed by atoms with E-state index in [1.807, 2.05) is 13.8 Å². The lowest BCUT2D eigenvalue weighted by atomic mass is 10.0. The third-order valence-corrected chi connectivity index (χ3v) is 2.32. The Hall–Kier alpha value is -1.47. The van der Waals surface area contributed by atoms with Crippen LogP contribution in [0.15, 0.2) is 0 Å². The molecule has 0 spiro atoms. The molecule has 7 heteroatoms. The van der Waals surface area contributed by atoms with Crippen LogP contribution in [0, 0.1) is 5.92 Å². The molecule has 2 atom stereocenters. The third kappa shape index (κ3) is 6.97. The molecule has 0 rings (SSSR count). The van der Waals surface area contributed by atoms with E-state index in [9.17, 15) is 14.4 Å². The molecule has 0 aromatic carbocycles. The van der Waals surface area contributed by atoms with E-state index < -0.39 is 29.9 Å². The average Bonchev–Trinajstić information content (AvgIpc) is 2.24. The average molecular weight is 259 g/mol. The van der Waals surface area contributed by atoms with Crippen molar-refractivity contribution in [1.82, 2.24) is 5.32 Å². The summed E-state index contributed by atoms with van der Waals surface area (Å²) in [6, 6.07) is -1.84. The molecule has 2 amide bonds. The van der Waals surface area contributed by atoms with Crippen molar-refractivity contribution in [2.75, 3.05) is 0 Å². The number of carbonyl (C=O) groups is 3. The maximum Gasteiger partial charge on any atom is 0.320 e. The lowest BCUT2D eigenvalue weighted by Crippen LogP contribution is -2.44. The predicted octanol–water partition coefficient (Wildman–Crippen LogP) is -0.805. The number of rotatable bonds is 7. The number of nitrogens with one attached hydrogen (secondary N) is 1. The summed E-state index contributed by atoms with van der Waals surface area (Å²) < 4.78 is 0. The quantitative estimate of drug-likeness (QED) is 0.472. The molecule has 0 bridgehead atoms. The fraction of sp³-hybridized carbons (Fsp3) is 0.727. The van der Waals surface area contributed by atoms with Crippen LogP contribution in [0.5, 0.6) is 0 Å². The van der Waals surface area contributed by atoms with Gasteiger partial charge in [-0.25, -0.2) is 0 Å². The van der Waals surface area contributed by atoms with Crippen molar-refractivity contribution < 1.29 is 19.5 Å². The Balaban J connectivity index is 4.01. The third-order valence-electron chi connectivity index (χ3n) is 2.32. The van der Waals surface area contributed by atoms with Gasteiger partial charge in [0.05, 0.1) is 6.04 Å². The highest BCUT2D eigenvalue weighted by Gasteiger charge is 2.19. The second kappa shape index (κ2) is 7.78. The van der Waals surface area contributed by atoms with Crippen molar-refractivity contribution in [3.05, 3.63) is 0 Å². The van der Waals surface area contributed by atoms with E-state index >= 15 is 0 Å². The van der Waals surface area contributed by atoms with Crippen molar-refractivity contribution in [2.45, 2.75) is 45.2 Å². The molecule has 0 saturated heterocycles. The minimum absolute atomic E-state index is 0.0200. The standard InChI is InChI=1S/C11H21N3O4/c1-6(2)5-8(13)10(16)14-9(15)4-3-7(12)11(17)18/h6-8H,3-5,12-13H2,1-2H3,(H,17,18)(H,14,15,16). The van der Waals surface area contributed by atoms with E-state index in [1.54, 1.807) is 0 Å². The normalized spacial score (nSPS) is 14.1. The van der Waals surface area contributed by atoms with Crippen LogP contribution in [0.1, 0.15) is 33.1 Å². The summed E-state index contributed by atoms with van der Waals surface area (Å²) in [5.41, 5.74) is 10.8. The zero-order chi connectivity index (χ0) is 14.3. The Morgan fingerprint density at radius 1 is 1.17 bits per heavy atom. The van der Waals surface area contributed by atoms with Crippen LogP contribution in [0.2, 0.25) is 0 Å². The fourth-order valence-electron chi connectivity index (χ4n) is 1.32. The molecule has 0 aliphatic heterocycles. The highest BCUT2D eigenvalue weighted by atomic mass is 16.4. The zero-order valence-electron chi connectivity index (χ0n) is 10.7. The molecular weight excluding hydrogens is 238 g/mol. The van der Waals surface area contributed by atoms with Gasteiger partial charge in [0.25, 0.3) is 0 Å². The van der Waals surface area contributed by atoms with E-state index in [4.69, 9.17) is 16.6 Å². The van der Waals surface area contributed by atoms with Crippen LogP contribution in [0.3, 0.4) is 0 Å². The summed E-state index contributed by atoms with van der Waals surface area (Å²) in [6.07, 6.45) is 0.342. The van der Waals surface area contributed by atoms with Gasteiger partial charge < -0.3 is 16.6 Å². The Morgan fingerprint density at radius 3 is 2.17 bits per heavy atom. The number of nitrogens with two attached hydrogens (primary N) is 2. The van der Waals surface area contributed by atoms with E-state index in [2.05, 4.69) is 5.32 Å². The Kier molecular flexibility index (Phi) is 7.14. The molecule has 0 heterocycles. The number of hydrogen-bond acceptors (Lipinski definition) is 5. The summed E-state index contributed by atoms with van der Waals surface area (Å²) >= 11 is 0. The maximum absolute atomic E-state index is 11.5. The zero-order valence-corrected chi connectivity index (χ0v) is 10.7. The molecule has 6 N–H and O–H groups in total. The molecule has 0 aromatic rings. The fourth-order valence-corrected chi connectivity index (χ4v) is 1.32. The number of carbonyl (C=O) groups excluding carboxylic acids is 2. The van der Waals surface area contributed by atoms with Crippen molar-refractivity contribution in [1.29, 1.82) is 0 Å². The van der Waals surface area contributed by atoms with Crippen LogP contribution in [0.25, 0.3) is 0 Å². The van der Waals surface area contributed by atoms with Gasteiger partial charge in [-0.15, -0.1) is 0 Å². The topological polar surface area (TPSA) is 136 Å². The molecule has 0 saturated carbocycles. The molecule has 7 nitrogen and oxygen atoms in total. The molecule has 0 radical (unpaired) electrons. The van der Waals surface area contributed by atoms with E-state index in [1.165, 1.54) is 0 Å². The van der Waals surface area contributed by atoms with Crippen LogP contribution in [-0.4, -0.2) is 35.0 Å². The first kappa shape index (κ1) is 16.5. The monoisotopic (exact) mass is 259 g/mol. The molecule has 0 fully saturated rings. The number of aliphatic carboxylic acids is 1. The summed E-state index contributed by atoms with van der Waals surface area (Å²) in [4.78, 5) is 33.2. The van der Waals surface area contributed by atoms with Gasteiger partial charge in [0.2, 0.25) is 11.8 Å². The largest absolute Gasteiger partial charge is 0.480 e. The molecule has 0 aliphatic rings. The second-order valence-corrected chi connectivity index (χ2v) is 4.63. The second-order valence-electron chi connectivity index (χ2n) is 4.63. The van der Waals surface area contributed by atoms with Crippen molar-refractivity contribution in [2.24, 2.45) is 17.4 Å². The molecule has 0 aliphatic carbocycles. The summed E-state index contributed by atoms with van der Waals surface area (Å²) in [5, 5.41) is 10.6. The Labute approximate surface area is 106 Å². The first-order chi connectivity index (χ1) is 8.23. The van der Waals surface area contributed by atoms with E-state index in [-0.39, 0.29) is 18.8 Å². The number of amides is 2. The van der Waals surface area contributed by atoms with Gasteiger partial charge in [-0.1, -0.05) is 13.8 Å². The Morgan fingerprint density at radius 2 is 1.72 bits per heavy atom. The minimum atomic E-state index is -1.18. The van der Waals surface area contributed by atoms with Crippen molar-refractivity contribution >= 4 is 17.8 Å². The first-order valence-corrected chi connectivity index (χ1v) is 5.81. The summed E-state index contributed by atoms with van der Waals surface area (Å²) in [6.45, 7) is 3.84. The smallest absolute Gasteiger partial charge is 0.320 e. The van der Waals surface area contributed by atoms with Crippen LogP contribution < -0.4 is 16.8 Å². The van der Waals surface area contributed by atoms with Gasteiger partial charge in [0.1, 0.15) is 6.04 Å². The SMILES string of the molecule is CC(C)CC(N)C(=O)NC(=O)CCC(N)C(=O)O. The first-order valence-electron chi connectivity index (χ1n) is 5.81. The van der Waals surface area contributed by atoms with Gasteiger partial charge in [-0.2, -0.15) is 0 Å². The van der Waals surface area contributed by atoms with Gasteiger partial charge >= 0.3 is 5.97 Å². The predicted molar refractivity (Wildman–Crippen MR) is 65.4 cm³/mol. The van der Waals surface area contributed by atoms with Crippen molar-refractivity contribution in [3.8, 4) is 0 Å². The maximum atomic E-state index is 11.5. The van der Waals surface area contributed by atoms with Gasteiger partial charge in [0.15, 0.2) is 0 Å². The summed E-state index contributed by atoms with van der Waals surface area (Å²) in [5.74, 6) is -2.03. The van der Waals surface area contributed by atoms with Crippen molar-refractivity contribution in [3.63, 3.8) is 0 Å². The Bertz CT molecular complexity index is 317. The highest BCUT2D eigenvalue weighted by molar-refractivity contribution is 5.97. The number of carboxylic acid groups (broad SMARTS) is 1. The van der Waals surface area contributed by atoms with Gasteiger partial charge in [-0.05, 0) is 18.8 Å². The van der Waals surface area contributed by atoms with E-state index in [0.717, 1.165) is 0 Å². The van der Waals surface area contributed by atoms with Gasteiger partial charge in [0, 0.05) is 6.42 Å². The molecule has 0 aromatic heterocycles. The molecule has 104 valence electrons. The lowest BCUT2D eigenvalue weighted by molar-refractivity contribution is -0.138. The molecule has 2 unspecified atom stereocenters. The number of imide groups is 1. The van der Waals surface area contributed by atoms with Crippen LogP contribution >= 0.6 is 0 Å². The number of hydrogen-bond donors (Lipinski definition) is 4. The molecular formula is C11H21N3O4. The van der Waals surface area contributed by atoms with Crippen LogP contribution in [0.4, 0.5) is 0 Å². The van der Waals surface area contributed by atoms with Gasteiger partial charge in [-0.3, -0.25) is 19.7 Å². The minimum Gasteiger partial charge on any atom is -0.480 e. The number of carboxylic acids is 1. The van der Waals surface area contributed by atoms with E-state index in [0.29, 0.717) is 6.42 Å². The molecule has 18 heavy (non-hydrogen) atoms. The highest BCUT2D eigenvalue weighted by Crippen LogP contribution is 2.03. The summed E-state index contributed by atoms with van der Waals surface area (Å²) in [7, 11) is 0.